The van der Waals surface area contributed by atoms with E-state index in [1.165, 1.54) is 0 Å². The van der Waals surface area contributed by atoms with Crippen molar-refractivity contribution in [1.82, 2.24) is 14.9 Å². The van der Waals surface area contributed by atoms with Crippen LogP contribution in [-0.2, 0) is 6.54 Å². The molecule has 0 amide bonds. The van der Waals surface area contributed by atoms with Gasteiger partial charge in [-0.2, -0.15) is 0 Å². The van der Waals surface area contributed by atoms with Crippen molar-refractivity contribution in [3.8, 4) is 0 Å². The maximum absolute atomic E-state index is 11.3. The predicted octanol–water partition coefficient (Wildman–Crippen LogP) is 2.78. The minimum absolute atomic E-state index is 0.325. The molecule has 1 aromatic carbocycles. The van der Waals surface area contributed by atoms with E-state index in [1.54, 1.807) is 12.1 Å². The van der Waals surface area contributed by atoms with Gasteiger partial charge in [-0.25, -0.2) is 14.8 Å². The van der Waals surface area contributed by atoms with Gasteiger partial charge in [0.2, 0.25) is 0 Å². The van der Waals surface area contributed by atoms with Crippen LogP contribution in [0.1, 0.15) is 45.5 Å². The van der Waals surface area contributed by atoms with E-state index in [-0.39, 0.29) is 0 Å². The Bertz CT molecular complexity index is 710. The topological polar surface area (TPSA) is 66.3 Å². The number of aryl methyl sites for hydroxylation is 2. The highest BCUT2D eigenvalue weighted by atomic mass is 16.4. The van der Waals surface area contributed by atoms with Gasteiger partial charge in [-0.15, -0.1) is 0 Å². The van der Waals surface area contributed by atoms with Gasteiger partial charge in [0.15, 0.2) is 0 Å². The van der Waals surface area contributed by atoms with Crippen LogP contribution in [0.15, 0.2) is 30.3 Å². The van der Waals surface area contributed by atoms with Crippen LogP contribution in [0.25, 0.3) is 0 Å². The van der Waals surface area contributed by atoms with E-state index in [0.29, 0.717) is 18.0 Å². The molecule has 2 heterocycles. The van der Waals surface area contributed by atoms with Gasteiger partial charge in [-0.1, -0.05) is 18.2 Å². The molecule has 0 saturated carbocycles. The minimum Gasteiger partial charge on any atom is -0.478 e. The third-order valence-electron chi connectivity index (χ3n) is 4.28. The normalized spacial score (nSPS) is 18.3. The van der Waals surface area contributed by atoms with Crippen LogP contribution < -0.4 is 0 Å². The number of aromatic carboxylic acids is 1. The van der Waals surface area contributed by atoms with Crippen molar-refractivity contribution in [2.75, 3.05) is 13.1 Å². The molecule has 1 atom stereocenters. The fourth-order valence-corrected chi connectivity index (χ4v) is 3.23. The lowest BCUT2D eigenvalue weighted by atomic mass is 10.1. The summed E-state index contributed by atoms with van der Waals surface area (Å²) in [7, 11) is 0. The van der Waals surface area contributed by atoms with Crippen LogP contribution in [-0.4, -0.2) is 39.0 Å². The molecular formula is C18H21N3O2. The van der Waals surface area contributed by atoms with Gasteiger partial charge in [0.1, 0.15) is 5.82 Å². The van der Waals surface area contributed by atoms with Crippen LogP contribution in [0, 0.1) is 13.8 Å². The van der Waals surface area contributed by atoms with Gasteiger partial charge in [-0.05, 0) is 44.5 Å². The first-order valence-electron chi connectivity index (χ1n) is 7.88. The number of carboxylic acids is 1. The average Bonchev–Trinajstić information content (AvgIpc) is 2.95. The van der Waals surface area contributed by atoms with E-state index in [0.717, 1.165) is 42.3 Å². The van der Waals surface area contributed by atoms with Crippen molar-refractivity contribution in [1.29, 1.82) is 0 Å². The Kier molecular flexibility index (Phi) is 4.39. The summed E-state index contributed by atoms with van der Waals surface area (Å²) in [6.07, 6.45) is 1.01. The maximum Gasteiger partial charge on any atom is 0.336 e. The molecule has 2 aromatic rings. The van der Waals surface area contributed by atoms with Crippen LogP contribution in [0.4, 0.5) is 0 Å². The Morgan fingerprint density at radius 3 is 2.65 bits per heavy atom. The third-order valence-corrected chi connectivity index (χ3v) is 4.28. The van der Waals surface area contributed by atoms with Gasteiger partial charge < -0.3 is 5.11 Å². The zero-order chi connectivity index (χ0) is 16.4. The van der Waals surface area contributed by atoms with E-state index < -0.39 is 5.97 Å². The smallest absolute Gasteiger partial charge is 0.336 e. The number of hydrogen-bond acceptors (Lipinski definition) is 4. The molecule has 5 nitrogen and oxygen atoms in total. The number of benzene rings is 1. The summed E-state index contributed by atoms with van der Waals surface area (Å²) in [5, 5.41) is 9.29. The van der Waals surface area contributed by atoms with E-state index in [9.17, 15) is 9.90 Å². The summed E-state index contributed by atoms with van der Waals surface area (Å²) in [5.41, 5.74) is 3.25. The van der Waals surface area contributed by atoms with E-state index in [1.807, 2.05) is 32.0 Å². The second-order valence-electron chi connectivity index (χ2n) is 6.19. The van der Waals surface area contributed by atoms with Crippen molar-refractivity contribution < 1.29 is 9.90 Å². The molecular weight excluding hydrogens is 290 g/mol. The SMILES string of the molecule is Cc1cc(C)nc([C@@H]2CCN(Cc3ccccc3C(=O)O)C2)n1. The lowest BCUT2D eigenvalue weighted by Crippen LogP contribution is -2.21. The fraction of sp³-hybridized carbons (Fsp3) is 0.389. The van der Waals surface area contributed by atoms with Gasteiger partial charge in [0, 0.05) is 30.4 Å². The van der Waals surface area contributed by atoms with Crippen molar-refractivity contribution in [3.63, 3.8) is 0 Å². The third kappa shape index (κ3) is 3.56. The average molecular weight is 311 g/mol. The molecule has 1 aliphatic rings. The second kappa shape index (κ2) is 6.46. The lowest BCUT2D eigenvalue weighted by molar-refractivity contribution is 0.0694. The molecule has 0 unspecified atom stereocenters. The summed E-state index contributed by atoms with van der Waals surface area (Å²) in [6.45, 7) is 6.46. The molecule has 1 aromatic heterocycles. The standard InChI is InChI=1S/C18H21N3O2/c1-12-9-13(2)20-17(19-12)15-7-8-21(11-15)10-14-5-3-4-6-16(14)18(22)23/h3-6,9,15H,7-8,10-11H2,1-2H3,(H,22,23)/t15-/m1/s1. The van der Waals surface area contributed by atoms with Crippen molar-refractivity contribution in [3.05, 3.63) is 58.7 Å². The largest absolute Gasteiger partial charge is 0.478 e. The quantitative estimate of drug-likeness (QED) is 0.940. The molecule has 3 rings (SSSR count). The molecule has 1 aliphatic heterocycles. The van der Waals surface area contributed by atoms with Crippen LogP contribution in [0.3, 0.4) is 0 Å². The monoisotopic (exact) mass is 311 g/mol. The number of carbonyl (C=O) groups is 1. The molecule has 5 heteroatoms. The molecule has 1 fully saturated rings. The summed E-state index contributed by atoms with van der Waals surface area (Å²) in [6, 6.07) is 9.20. The maximum atomic E-state index is 11.3. The molecule has 1 saturated heterocycles. The number of likely N-dealkylation sites (tertiary alicyclic amines) is 1. The number of carboxylic acid groups (broad SMARTS) is 1. The van der Waals surface area contributed by atoms with Gasteiger partial charge in [0.05, 0.1) is 5.56 Å². The predicted molar refractivity (Wildman–Crippen MR) is 87.5 cm³/mol. The van der Waals surface area contributed by atoms with E-state index in [2.05, 4.69) is 14.9 Å². The first-order chi connectivity index (χ1) is 11.0. The number of aromatic nitrogens is 2. The molecule has 0 radical (unpaired) electrons. The lowest BCUT2D eigenvalue weighted by Gasteiger charge is -2.17. The van der Waals surface area contributed by atoms with Crippen molar-refractivity contribution >= 4 is 5.97 Å². The Balaban J connectivity index is 1.72. The molecule has 1 N–H and O–H groups in total. The fourth-order valence-electron chi connectivity index (χ4n) is 3.23. The Labute approximate surface area is 136 Å². The molecule has 23 heavy (non-hydrogen) atoms. The summed E-state index contributed by atoms with van der Waals surface area (Å²) in [5.74, 6) is 0.371. The second-order valence-corrected chi connectivity index (χ2v) is 6.19. The van der Waals surface area contributed by atoms with E-state index >= 15 is 0 Å². The minimum atomic E-state index is -0.867. The zero-order valence-electron chi connectivity index (χ0n) is 13.5. The Morgan fingerprint density at radius 1 is 1.26 bits per heavy atom. The van der Waals surface area contributed by atoms with Gasteiger partial charge in [-0.3, -0.25) is 4.90 Å². The van der Waals surface area contributed by atoms with Crippen molar-refractivity contribution in [2.24, 2.45) is 0 Å². The first kappa shape index (κ1) is 15.6. The summed E-state index contributed by atoms with van der Waals surface area (Å²) >= 11 is 0. The Morgan fingerprint density at radius 2 is 1.96 bits per heavy atom. The van der Waals surface area contributed by atoms with Gasteiger partial charge >= 0.3 is 5.97 Å². The summed E-state index contributed by atoms with van der Waals surface area (Å²) in [4.78, 5) is 22.7. The Hall–Kier alpha value is -2.27. The molecule has 0 bridgehead atoms. The number of nitrogens with zero attached hydrogens (tertiary/aromatic N) is 3. The van der Waals surface area contributed by atoms with Gasteiger partial charge in [0.25, 0.3) is 0 Å². The molecule has 0 aliphatic carbocycles. The highest BCUT2D eigenvalue weighted by Gasteiger charge is 2.27. The highest BCUT2D eigenvalue weighted by molar-refractivity contribution is 5.89. The summed E-state index contributed by atoms with van der Waals surface area (Å²) < 4.78 is 0. The van der Waals surface area contributed by atoms with Crippen molar-refractivity contribution in [2.45, 2.75) is 32.7 Å². The van der Waals surface area contributed by atoms with Crippen LogP contribution in [0.5, 0.6) is 0 Å². The number of hydrogen-bond donors (Lipinski definition) is 1. The molecule has 0 spiro atoms. The molecule has 120 valence electrons. The first-order valence-corrected chi connectivity index (χ1v) is 7.88. The van der Waals surface area contributed by atoms with E-state index in [4.69, 9.17) is 0 Å². The zero-order valence-corrected chi connectivity index (χ0v) is 13.5. The van der Waals surface area contributed by atoms with Crippen LogP contribution in [0.2, 0.25) is 0 Å². The van der Waals surface area contributed by atoms with Crippen LogP contribution >= 0.6 is 0 Å². The highest BCUT2D eigenvalue weighted by Crippen LogP contribution is 2.26. The number of rotatable bonds is 4.